The maximum atomic E-state index is 12.5. The number of methoxy groups -OCH3 is 1. The van der Waals surface area contributed by atoms with Gasteiger partial charge in [0.15, 0.2) is 0 Å². The van der Waals surface area contributed by atoms with Gasteiger partial charge in [0.1, 0.15) is 18.6 Å². The third kappa shape index (κ3) is 5.82. The second-order valence-corrected chi connectivity index (χ2v) is 8.91. The number of carbonyl (C=O) groups is 2. The number of allylic oxidation sites excluding steroid dienone is 1. The molecule has 0 spiro atoms. The van der Waals surface area contributed by atoms with E-state index in [9.17, 15) is 9.59 Å². The number of hydrogen-bond donors (Lipinski definition) is 1. The summed E-state index contributed by atoms with van der Waals surface area (Å²) in [5.41, 5.74) is 3.79. The van der Waals surface area contributed by atoms with Gasteiger partial charge in [0, 0.05) is 45.3 Å². The molecule has 2 amide bonds. The first-order chi connectivity index (χ1) is 17.0. The van der Waals surface area contributed by atoms with Crippen molar-refractivity contribution >= 4 is 11.8 Å². The smallest absolute Gasteiger partial charge is 0.244 e. The highest BCUT2D eigenvalue weighted by atomic mass is 16.5. The van der Waals surface area contributed by atoms with Crippen molar-refractivity contribution in [2.24, 2.45) is 0 Å². The van der Waals surface area contributed by atoms with Crippen LogP contribution in [0, 0.1) is 12.3 Å². The molecule has 1 unspecified atom stereocenters. The lowest BCUT2D eigenvalue weighted by Gasteiger charge is -2.33. The number of nitrogens with zero attached hydrogens (tertiary/aromatic N) is 2. The number of nitrogens with one attached hydrogen (secondary N) is 1. The van der Waals surface area contributed by atoms with E-state index in [1.165, 1.54) is 5.56 Å². The third-order valence-corrected chi connectivity index (χ3v) is 6.69. The molecule has 8 nitrogen and oxygen atoms in total. The zero-order chi connectivity index (χ0) is 24.8. The van der Waals surface area contributed by atoms with E-state index in [0.717, 1.165) is 44.0 Å². The monoisotopic (exact) mass is 479 g/mol. The van der Waals surface area contributed by atoms with Gasteiger partial charge < -0.3 is 14.2 Å². The molecular formula is C27H33N3O5. The molecule has 0 bridgehead atoms. The first-order valence-electron chi connectivity index (χ1n) is 12.0. The van der Waals surface area contributed by atoms with Gasteiger partial charge in [0.25, 0.3) is 0 Å². The van der Waals surface area contributed by atoms with Crippen LogP contribution in [0.15, 0.2) is 47.2 Å². The minimum atomic E-state index is -0.544. The predicted octanol–water partition coefficient (Wildman–Crippen LogP) is 1.96. The summed E-state index contributed by atoms with van der Waals surface area (Å²) in [6, 6.07) is 7.95. The maximum Gasteiger partial charge on any atom is 0.244 e. The molecule has 3 heterocycles. The van der Waals surface area contributed by atoms with Crippen molar-refractivity contribution in [1.82, 2.24) is 15.1 Å². The summed E-state index contributed by atoms with van der Waals surface area (Å²) in [5.74, 6) is 2.85. The van der Waals surface area contributed by atoms with Crippen LogP contribution in [0.2, 0.25) is 0 Å². The summed E-state index contributed by atoms with van der Waals surface area (Å²) in [7, 11) is 1.57. The highest BCUT2D eigenvalue weighted by molar-refractivity contribution is 6.00. The summed E-state index contributed by atoms with van der Waals surface area (Å²) >= 11 is 0. The van der Waals surface area contributed by atoms with Crippen molar-refractivity contribution < 1.29 is 23.8 Å². The van der Waals surface area contributed by atoms with E-state index < -0.39 is 12.3 Å². The lowest BCUT2D eigenvalue weighted by atomic mass is 10.0. The van der Waals surface area contributed by atoms with Crippen LogP contribution in [-0.2, 0) is 37.0 Å². The highest BCUT2D eigenvalue weighted by Crippen LogP contribution is 2.33. The molecule has 2 atom stereocenters. The van der Waals surface area contributed by atoms with Crippen LogP contribution in [0.5, 0.6) is 0 Å². The number of rotatable bonds is 8. The van der Waals surface area contributed by atoms with E-state index in [1.807, 2.05) is 17.9 Å². The number of morpholine rings is 1. The van der Waals surface area contributed by atoms with Crippen LogP contribution in [0.1, 0.15) is 30.9 Å². The summed E-state index contributed by atoms with van der Waals surface area (Å²) in [4.78, 5) is 28.4. The van der Waals surface area contributed by atoms with Crippen LogP contribution < -0.4 is 5.32 Å². The molecule has 1 aromatic rings. The summed E-state index contributed by atoms with van der Waals surface area (Å²) in [5, 5.41) is 2.42. The van der Waals surface area contributed by atoms with E-state index in [2.05, 4.69) is 40.4 Å². The molecule has 0 aromatic heterocycles. The fourth-order valence-corrected chi connectivity index (χ4v) is 4.82. The summed E-state index contributed by atoms with van der Waals surface area (Å²) < 4.78 is 17.3. The van der Waals surface area contributed by atoms with Gasteiger partial charge in [0.2, 0.25) is 11.8 Å². The van der Waals surface area contributed by atoms with Gasteiger partial charge in [0.05, 0.1) is 24.8 Å². The third-order valence-electron chi connectivity index (χ3n) is 6.69. The Morgan fingerprint density at radius 1 is 1.23 bits per heavy atom. The Kier molecular flexibility index (Phi) is 8.37. The highest BCUT2D eigenvalue weighted by Gasteiger charge is 2.42. The van der Waals surface area contributed by atoms with Crippen LogP contribution in [0.4, 0.5) is 0 Å². The normalized spacial score (nSPS) is 24.4. The quantitative estimate of drug-likeness (QED) is 0.347. The Bertz CT molecular complexity index is 1030. The van der Waals surface area contributed by atoms with Crippen LogP contribution >= 0.6 is 0 Å². The van der Waals surface area contributed by atoms with Gasteiger partial charge in [-0.25, -0.2) is 0 Å². The zero-order valence-electron chi connectivity index (χ0n) is 20.4. The minimum Gasteiger partial charge on any atom is -0.489 e. The number of terminal acetylenes is 1. The predicted molar refractivity (Wildman–Crippen MR) is 131 cm³/mol. The first kappa shape index (κ1) is 25.1. The molecule has 2 saturated heterocycles. The molecule has 0 radical (unpaired) electrons. The molecule has 186 valence electrons. The largest absolute Gasteiger partial charge is 0.489 e. The standard InChI is InChI=1S/C27H33N3O5/c1-4-21-22(17-30(27(21)33-3)23-10-11-25(31)28-26(23)32)24(5-2)35-18-20-8-6-19(7-9-20)16-29-12-14-34-15-13-29/h1,5-9,23,27H,10-18H2,2-3H3,(H,28,31,32)/b24-5+/t23-,27?/m0/s1. The molecule has 35 heavy (non-hydrogen) atoms. The molecule has 4 rings (SSSR count). The van der Waals surface area contributed by atoms with Crippen LogP contribution in [0.25, 0.3) is 0 Å². The van der Waals surface area contributed by atoms with Crippen molar-refractivity contribution in [2.45, 2.75) is 45.2 Å². The fraction of sp³-hybridized carbons (Fsp3) is 0.481. The molecule has 8 heteroatoms. The Labute approximate surface area is 206 Å². The van der Waals surface area contributed by atoms with Gasteiger partial charge in [-0.2, -0.15) is 0 Å². The van der Waals surface area contributed by atoms with Crippen molar-refractivity contribution in [1.29, 1.82) is 0 Å². The number of imide groups is 1. The second-order valence-electron chi connectivity index (χ2n) is 8.91. The van der Waals surface area contributed by atoms with Gasteiger partial charge in [-0.15, -0.1) is 6.42 Å². The van der Waals surface area contributed by atoms with Gasteiger partial charge in [-0.05, 0) is 30.5 Å². The van der Waals surface area contributed by atoms with Crippen molar-refractivity contribution in [3.63, 3.8) is 0 Å². The molecule has 0 saturated carbocycles. The second kappa shape index (κ2) is 11.6. The Hall–Kier alpha value is -2.96. The fourth-order valence-electron chi connectivity index (χ4n) is 4.82. The van der Waals surface area contributed by atoms with Crippen LogP contribution in [-0.4, -0.2) is 73.8 Å². The van der Waals surface area contributed by atoms with Crippen LogP contribution in [0.3, 0.4) is 0 Å². The molecule has 2 fully saturated rings. The molecule has 1 N–H and O–H groups in total. The number of piperidine rings is 1. The Balaban J connectivity index is 1.41. The van der Waals surface area contributed by atoms with E-state index in [-0.39, 0.29) is 11.8 Å². The summed E-state index contributed by atoms with van der Waals surface area (Å²) in [6.45, 7) is 7.12. The lowest BCUT2D eigenvalue weighted by molar-refractivity contribution is -0.140. The summed E-state index contributed by atoms with van der Waals surface area (Å²) in [6.07, 6.45) is 7.93. The van der Waals surface area contributed by atoms with Crippen molar-refractivity contribution in [3.8, 4) is 12.3 Å². The molecule has 1 aromatic carbocycles. The first-order valence-corrected chi connectivity index (χ1v) is 12.0. The Morgan fingerprint density at radius 2 is 1.94 bits per heavy atom. The van der Waals surface area contributed by atoms with Gasteiger partial charge >= 0.3 is 0 Å². The average Bonchev–Trinajstić information content (AvgIpc) is 3.24. The number of ether oxygens (including phenoxy) is 3. The number of carbonyl (C=O) groups excluding carboxylic acids is 2. The van der Waals surface area contributed by atoms with Gasteiger partial charge in [-0.1, -0.05) is 30.2 Å². The number of hydrogen-bond acceptors (Lipinski definition) is 7. The number of amides is 2. The van der Waals surface area contributed by atoms with E-state index >= 15 is 0 Å². The molecule has 3 aliphatic rings. The maximum absolute atomic E-state index is 12.5. The van der Waals surface area contributed by atoms with Crippen molar-refractivity contribution in [2.75, 3.05) is 40.0 Å². The molecular weight excluding hydrogens is 446 g/mol. The average molecular weight is 480 g/mol. The SMILES string of the molecule is C#CC1=C(/C(=C\C)OCc2ccc(CN3CCOCC3)cc2)CN([C@H]2CCC(=O)NC2=O)C1OC. The lowest BCUT2D eigenvalue weighted by Crippen LogP contribution is -2.54. The molecule has 0 aliphatic carbocycles. The Morgan fingerprint density at radius 3 is 2.57 bits per heavy atom. The van der Waals surface area contributed by atoms with E-state index in [4.69, 9.17) is 20.6 Å². The van der Waals surface area contributed by atoms with Gasteiger partial charge in [-0.3, -0.25) is 24.7 Å². The topological polar surface area (TPSA) is 80.3 Å². The van der Waals surface area contributed by atoms with Crippen molar-refractivity contribution in [3.05, 3.63) is 58.4 Å². The van der Waals surface area contributed by atoms with E-state index in [1.54, 1.807) is 7.11 Å². The minimum absolute atomic E-state index is 0.252. The number of benzene rings is 1. The molecule has 3 aliphatic heterocycles. The van der Waals surface area contributed by atoms with E-state index in [0.29, 0.717) is 37.3 Å². The zero-order valence-corrected chi connectivity index (χ0v) is 20.4.